The third-order valence-electron chi connectivity index (χ3n) is 4.81. The zero-order valence-electron chi connectivity index (χ0n) is 16.3. The number of nitrogens with one attached hydrogen (secondary N) is 2. The van der Waals surface area contributed by atoms with E-state index in [0.717, 1.165) is 46.3 Å². The lowest BCUT2D eigenvalue weighted by atomic mass is 10.0. The van der Waals surface area contributed by atoms with Crippen molar-refractivity contribution in [3.05, 3.63) is 74.3 Å². The summed E-state index contributed by atoms with van der Waals surface area (Å²) in [4.78, 5) is 32.5. The zero-order chi connectivity index (χ0) is 19.6. The third kappa shape index (κ3) is 3.92. The average Bonchev–Trinajstić information content (AvgIpc) is 2.61. The van der Waals surface area contributed by atoms with E-state index in [0.29, 0.717) is 11.1 Å². The van der Waals surface area contributed by atoms with E-state index in [9.17, 15) is 9.59 Å². The summed E-state index contributed by atoms with van der Waals surface area (Å²) in [6.07, 6.45) is 1.76. The molecule has 1 amide bonds. The molecule has 1 aromatic carbocycles. The van der Waals surface area contributed by atoms with E-state index >= 15 is 0 Å². The quantitative estimate of drug-likeness (QED) is 0.725. The summed E-state index contributed by atoms with van der Waals surface area (Å²) in [5, 5.41) is 3.92. The van der Waals surface area contributed by atoms with Crippen LogP contribution in [0.25, 0.3) is 10.9 Å². The lowest BCUT2D eigenvalue weighted by Gasteiger charge is -2.12. The predicted molar refractivity (Wildman–Crippen MR) is 108 cm³/mol. The molecule has 0 saturated heterocycles. The smallest absolute Gasteiger partial charge is 0.253 e. The molecule has 0 aliphatic rings. The van der Waals surface area contributed by atoms with E-state index in [2.05, 4.69) is 22.2 Å². The van der Waals surface area contributed by atoms with Gasteiger partial charge in [-0.3, -0.25) is 14.6 Å². The fourth-order valence-electron chi connectivity index (χ4n) is 3.41. The predicted octanol–water partition coefficient (Wildman–Crippen LogP) is 3.73. The Morgan fingerprint density at radius 2 is 1.89 bits per heavy atom. The molecule has 0 fully saturated rings. The summed E-state index contributed by atoms with van der Waals surface area (Å²) >= 11 is 0. The number of carbonyl (C=O) groups excluding carboxylic acids is 1. The van der Waals surface area contributed by atoms with Crippen LogP contribution in [0.1, 0.15) is 51.8 Å². The summed E-state index contributed by atoms with van der Waals surface area (Å²) in [7, 11) is 0. The van der Waals surface area contributed by atoms with Crippen LogP contribution in [0.3, 0.4) is 0 Å². The number of rotatable bonds is 5. The van der Waals surface area contributed by atoms with Gasteiger partial charge in [0.05, 0.1) is 5.52 Å². The van der Waals surface area contributed by atoms with Crippen LogP contribution in [-0.4, -0.2) is 15.9 Å². The largest absolute Gasteiger partial charge is 0.348 e. The maximum Gasteiger partial charge on any atom is 0.253 e. The molecular weight excluding hydrogens is 338 g/mol. The SMILES string of the molecule is CCCc1cc(C)[nH]c(=O)c1CNC(=O)c1ccc2ccc(C)nc2c1C. The van der Waals surface area contributed by atoms with Crippen molar-refractivity contribution in [1.29, 1.82) is 0 Å². The molecule has 2 aromatic heterocycles. The summed E-state index contributed by atoms with van der Waals surface area (Å²) in [6.45, 7) is 8.00. The summed E-state index contributed by atoms with van der Waals surface area (Å²) in [6, 6.07) is 9.68. The van der Waals surface area contributed by atoms with Gasteiger partial charge in [-0.05, 0) is 56.5 Å². The molecule has 140 valence electrons. The second-order valence-corrected chi connectivity index (χ2v) is 6.98. The number of carbonyl (C=O) groups is 1. The number of aromatic nitrogens is 2. The molecule has 2 N–H and O–H groups in total. The first kappa shape index (κ1) is 18.8. The van der Waals surface area contributed by atoms with Crippen molar-refractivity contribution in [2.75, 3.05) is 0 Å². The molecule has 5 heteroatoms. The maximum atomic E-state index is 12.8. The Morgan fingerprint density at radius 3 is 2.63 bits per heavy atom. The first-order chi connectivity index (χ1) is 12.9. The van der Waals surface area contributed by atoms with Crippen LogP contribution < -0.4 is 10.9 Å². The topological polar surface area (TPSA) is 74.8 Å². The number of fused-ring (bicyclic) bond motifs is 1. The van der Waals surface area contributed by atoms with Crippen LogP contribution in [0, 0.1) is 20.8 Å². The van der Waals surface area contributed by atoms with Crippen LogP contribution in [0.2, 0.25) is 0 Å². The minimum Gasteiger partial charge on any atom is -0.348 e. The molecule has 0 bridgehead atoms. The van der Waals surface area contributed by atoms with E-state index in [4.69, 9.17) is 0 Å². The maximum absolute atomic E-state index is 12.8. The van der Waals surface area contributed by atoms with Crippen molar-refractivity contribution in [2.45, 2.75) is 47.1 Å². The van der Waals surface area contributed by atoms with Gasteiger partial charge >= 0.3 is 0 Å². The van der Waals surface area contributed by atoms with Crippen LogP contribution in [0.15, 0.2) is 35.1 Å². The van der Waals surface area contributed by atoms with Gasteiger partial charge in [0.1, 0.15) is 0 Å². The highest BCUT2D eigenvalue weighted by molar-refractivity contribution is 6.00. The van der Waals surface area contributed by atoms with Crippen molar-refractivity contribution in [3.63, 3.8) is 0 Å². The molecule has 0 aliphatic carbocycles. The monoisotopic (exact) mass is 363 g/mol. The van der Waals surface area contributed by atoms with Crippen molar-refractivity contribution in [2.24, 2.45) is 0 Å². The highest BCUT2D eigenvalue weighted by Crippen LogP contribution is 2.20. The Balaban J connectivity index is 1.88. The normalized spacial score (nSPS) is 11.0. The summed E-state index contributed by atoms with van der Waals surface area (Å²) < 4.78 is 0. The van der Waals surface area contributed by atoms with E-state index in [1.807, 2.05) is 51.1 Å². The number of aryl methyl sites for hydroxylation is 4. The summed E-state index contributed by atoms with van der Waals surface area (Å²) in [5.41, 5.74) is 5.51. The van der Waals surface area contributed by atoms with Crippen LogP contribution in [0.5, 0.6) is 0 Å². The fraction of sp³-hybridized carbons (Fsp3) is 0.318. The molecule has 0 aliphatic heterocycles. The van der Waals surface area contributed by atoms with Gasteiger partial charge in [-0.25, -0.2) is 0 Å². The van der Waals surface area contributed by atoms with E-state index < -0.39 is 0 Å². The molecule has 27 heavy (non-hydrogen) atoms. The van der Waals surface area contributed by atoms with Crippen molar-refractivity contribution < 1.29 is 4.79 Å². The Bertz CT molecular complexity index is 1070. The highest BCUT2D eigenvalue weighted by atomic mass is 16.1. The number of aromatic amines is 1. The number of amides is 1. The van der Waals surface area contributed by atoms with Gasteiger partial charge in [0.15, 0.2) is 0 Å². The van der Waals surface area contributed by atoms with Gasteiger partial charge in [0.2, 0.25) is 0 Å². The van der Waals surface area contributed by atoms with Gasteiger partial charge in [0.25, 0.3) is 11.5 Å². The molecule has 0 atom stereocenters. The van der Waals surface area contributed by atoms with Crippen molar-refractivity contribution in [1.82, 2.24) is 15.3 Å². The molecule has 0 radical (unpaired) electrons. The minimum atomic E-state index is -0.194. The van der Waals surface area contributed by atoms with Crippen LogP contribution in [0.4, 0.5) is 0 Å². The molecule has 0 spiro atoms. The van der Waals surface area contributed by atoms with E-state index in [1.54, 1.807) is 0 Å². The summed E-state index contributed by atoms with van der Waals surface area (Å²) in [5.74, 6) is -0.194. The lowest BCUT2D eigenvalue weighted by Crippen LogP contribution is -2.29. The van der Waals surface area contributed by atoms with Gasteiger partial charge in [0, 0.05) is 34.4 Å². The number of nitrogens with zero attached hydrogens (tertiary/aromatic N) is 1. The second kappa shape index (κ2) is 7.74. The van der Waals surface area contributed by atoms with Crippen LogP contribution >= 0.6 is 0 Å². The lowest BCUT2D eigenvalue weighted by molar-refractivity contribution is 0.0950. The van der Waals surface area contributed by atoms with E-state index in [1.165, 1.54) is 0 Å². The molecule has 3 rings (SSSR count). The Morgan fingerprint density at radius 1 is 1.15 bits per heavy atom. The van der Waals surface area contributed by atoms with Gasteiger partial charge in [-0.2, -0.15) is 0 Å². The van der Waals surface area contributed by atoms with E-state index in [-0.39, 0.29) is 18.0 Å². The third-order valence-corrected chi connectivity index (χ3v) is 4.81. The zero-order valence-corrected chi connectivity index (χ0v) is 16.3. The van der Waals surface area contributed by atoms with Gasteiger partial charge < -0.3 is 10.3 Å². The average molecular weight is 363 g/mol. The fourth-order valence-corrected chi connectivity index (χ4v) is 3.41. The number of pyridine rings is 2. The van der Waals surface area contributed by atoms with Crippen molar-refractivity contribution >= 4 is 16.8 Å². The van der Waals surface area contributed by atoms with Crippen LogP contribution in [-0.2, 0) is 13.0 Å². The Hall–Kier alpha value is -2.95. The molecule has 0 saturated carbocycles. The number of benzene rings is 1. The standard InChI is InChI=1S/C22H25N3O2/c1-5-6-17-11-14(3)25-22(27)19(17)12-23-21(26)18-10-9-16-8-7-13(2)24-20(16)15(18)4/h7-11H,5-6,12H2,1-4H3,(H,23,26)(H,25,27). The first-order valence-corrected chi connectivity index (χ1v) is 9.27. The molecular formula is C22H25N3O2. The van der Waals surface area contributed by atoms with Crippen molar-refractivity contribution in [3.8, 4) is 0 Å². The molecule has 3 aromatic rings. The van der Waals surface area contributed by atoms with Gasteiger partial charge in [-0.1, -0.05) is 25.5 Å². The number of hydrogen-bond donors (Lipinski definition) is 2. The highest BCUT2D eigenvalue weighted by Gasteiger charge is 2.14. The first-order valence-electron chi connectivity index (χ1n) is 9.27. The number of H-pyrrole nitrogens is 1. The second-order valence-electron chi connectivity index (χ2n) is 6.98. The molecule has 2 heterocycles. The molecule has 5 nitrogen and oxygen atoms in total. The minimum absolute atomic E-state index is 0.133. The van der Waals surface area contributed by atoms with Gasteiger partial charge in [-0.15, -0.1) is 0 Å². The number of hydrogen-bond acceptors (Lipinski definition) is 3. The Labute approximate surface area is 158 Å². The Kier molecular flexibility index (Phi) is 5.40. The molecule has 0 unspecified atom stereocenters.